The van der Waals surface area contributed by atoms with Crippen molar-refractivity contribution in [1.29, 1.82) is 5.41 Å². The molecular formula is C29H33ClN4O6S. The third-order valence-corrected chi connectivity index (χ3v) is 7.25. The fourth-order valence-electron chi connectivity index (χ4n) is 4.00. The van der Waals surface area contributed by atoms with Gasteiger partial charge in [0.2, 0.25) is 11.8 Å². The van der Waals surface area contributed by atoms with Gasteiger partial charge in [-0.05, 0) is 61.0 Å². The number of aliphatic carboxylic acids is 1. The number of halogens is 1. The second-order valence-electron chi connectivity index (χ2n) is 9.31. The number of carboxylic acid groups (broad SMARTS) is 1. The molecule has 3 aromatic rings. The zero-order valence-electron chi connectivity index (χ0n) is 22.7. The van der Waals surface area contributed by atoms with E-state index in [9.17, 15) is 9.59 Å². The molecule has 0 bridgehead atoms. The fraction of sp³-hybridized carbons (Fsp3) is 0.310. The summed E-state index contributed by atoms with van der Waals surface area (Å²) in [4.78, 5) is 34.9. The van der Waals surface area contributed by atoms with Gasteiger partial charge in [-0.1, -0.05) is 17.7 Å². The van der Waals surface area contributed by atoms with Crippen molar-refractivity contribution in [2.24, 2.45) is 5.73 Å². The summed E-state index contributed by atoms with van der Waals surface area (Å²) in [7, 11) is 0. The largest absolute Gasteiger partial charge is 0.490 e. The molecule has 10 nitrogen and oxygen atoms in total. The smallest absolute Gasteiger partial charge is 0.300 e. The van der Waals surface area contributed by atoms with Crippen LogP contribution in [0.25, 0.3) is 10.4 Å². The molecule has 0 unspecified atom stereocenters. The second kappa shape index (κ2) is 15.2. The molecule has 1 aromatic heterocycles. The zero-order valence-corrected chi connectivity index (χ0v) is 24.3. The number of hydrogen-bond acceptors (Lipinski definition) is 7. The van der Waals surface area contributed by atoms with Crippen molar-refractivity contribution in [3.63, 3.8) is 0 Å². The summed E-state index contributed by atoms with van der Waals surface area (Å²) in [6.07, 6.45) is 1.43. The van der Waals surface area contributed by atoms with Crippen LogP contribution in [0.5, 0.6) is 5.75 Å². The Hall–Kier alpha value is -3.93. The van der Waals surface area contributed by atoms with Gasteiger partial charge >= 0.3 is 0 Å². The third-order valence-electron chi connectivity index (χ3n) is 5.98. The molecule has 12 heteroatoms. The van der Waals surface area contributed by atoms with E-state index in [0.29, 0.717) is 28.8 Å². The Kier molecular flexibility index (Phi) is 11.7. The van der Waals surface area contributed by atoms with Gasteiger partial charge in [0.15, 0.2) is 0 Å². The summed E-state index contributed by atoms with van der Waals surface area (Å²) >= 11 is 7.67. The minimum absolute atomic E-state index is 0.0558. The minimum atomic E-state index is -0.833. The number of benzene rings is 2. The number of nitrogens with two attached hydrogens (primary N) is 1. The van der Waals surface area contributed by atoms with Crippen molar-refractivity contribution in [2.75, 3.05) is 18.5 Å². The van der Waals surface area contributed by atoms with Crippen molar-refractivity contribution in [2.45, 2.75) is 45.3 Å². The Balaban J connectivity index is 0.00000108. The molecule has 2 heterocycles. The van der Waals surface area contributed by atoms with Gasteiger partial charge in [0, 0.05) is 41.5 Å². The average molecular weight is 601 g/mol. The Morgan fingerprint density at radius 1 is 1.12 bits per heavy atom. The Labute approximate surface area is 247 Å². The van der Waals surface area contributed by atoms with Crippen molar-refractivity contribution in [3.05, 3.63) is 70.1 Å². The molecule has 0 radical (unpaired) electrons. The molecule has 1 fully saturated rings. The van der Waals surface area contributed by atoms with Crippen LogP contribution in [0.1, 0.15) is 50.3 Å². The highest BCUT2D eigenvalue weighted by Crippen LogP contribution is 2.39. The average Bonchev–Trinajstić information content (AvgIpc) is 3.35. The predicted octanol–water partition coefficient (Wildman–Crippen LogP) is 5.21. The molecular weight excluding hydrogens is 568 g/mol. The molecule has 1 saturated heterocycles. The number of nitrogens with one attached hydrogen (secondary N) is 3. The van der Waals surface area contributed by atoms with Gasteiger partial charge in [-0.3, -0.25) is 19.8 Å². The molecule has 6 N–H and O–H groups in total. The number of amides is 2. The van der Waals surface area contributed by atoms with Crippen LogP contribution in [0.3, 0.4) is 0 Å². The van der Waals surface area contributed by atoms with Gasteiger partial charge in [-0.15, -0.1) is 11.3 Å². The summed E-state index contributed by atoms with van der Waals surface area (Å²) in [6.45, 7) is 4.32. The summed E-state index contributed by atoms with van der Waals surface area (Å²) in [5.74, 6) is -0.953. The molecule has 0 spiro atoms. The Bertz CT molecular complexity index is 1370. The molecule has 1 aliphatic rings. The van der Waals surface area contributed by atoms with Crippen molar-refractivity contribution >= 4 is 52.2 Å². The first-order chi connectivity index (χ1) is 19.5. The van der Waals surface area contributed by atoms with Gasteiger partial charge < -0.3 is 30.9 Å². The molecule has 4 rings (SSSR count). The quantitative estimate of drug-likeness (QED) is 0.128. The van der Waals surface area contributed by atoms with E-state index in [1.54, 1.807) is 24.3 Å². The molecule has 1 aliphatic heterocycles. The highest BCUT2D eigenvalue weighted by molar-refractivity contribution is 7.19. The molecule has 1 atom stereocenters. The molecule has 0 aliphatic carbocycles. The molecule has 218 valence electrons. The first kappa shape index (κ1) is 31.6. The minimum Gasteiger partial charge on any atom is -0.490 e. The first-order valence-electron chi connectivity index (χ1n) is 12.9. The van der Waals surface area contributed by atoms with Gasteiger partial charge in [0.05, 0.1) is 23.6 Å². The van der Waals surface area contributed by atoms with Crippen molar-refractivity contribution in [1.82, 2.24) is 5.32 Å². The number of carbonyl (C=O) groups is 3. The van der Waals surface area contributed by atoms with E-state index in [1.807, 2.05) is 37.3 Å². The summed E-state index contributed by atoms with van der Waals surface area (Å²) in [5.41, 5.74) is 8.31. The van der Waals surface area contributed by atoms with Crippen molar-refractivity contribution < 1.29 is 29.0 Å². The van der Waals surface area contributed by atoms with Crippen LogP contribution in [-0.2, 0) is 19.1 Å². The van der Waals surface area contributed by atoms with Crippen LogP contribution in [0, 0.1) is 5.41 Å². The van der Waals surface area contributed by atoms with Crippen LogP contribution in [0.2, 0.25) is 4.34 Å². The summed E-state index contributed by atoms with van der Waals surface area (Å²) in [5, 5.41) is 20.4. The third kappa shape index (κ3) is 10.2. The van der Waals surface area contributed by atoms with Crippen LogP contribution >= 0.6 is 22.9 Å². The number of rotatable bonds is 9. The molecule has 2 amide bonds. The topological polar surface area (TPSA) is 164 Å². The van der Waals surface area contributed by atoms with Gasteiger partial charge in [-0.25, -0.2) is 0 Å². The van der Waals surface area contributed by atoms with E-state index in [0.717, 1.165) is 41.5 Å². The van der Waals surface area contributed by atoms with E-state index in [1.165, 1.54) is 11.3 Å². The standard InChI is InChI=1S/C27H29ClN4O4S.C2H4O2/c1-16(31-25(33)15-26(34)32-19-5-2-17(3-6-19)27(29)30)18-4-7-22(36-20-10-12-35-13-11-20)21(14-18)23-8-9-24(28)37-23;1-2(3)4/h2-9,14,16,20H,10-13,15H2,1H3,(H3,29,30)(H,31,33)(H,32,34);1H3,(H,3,4)/t16-;/m0./s1. The fourth-order valence-corrected chi connectivity index (χ4v) is 5.07. The summed E-state index contributed by atoms with van der Waals surface area (Å²) < 4.78 is 12.4. The maximum Gasteiger partial charge on any atom is 0.300 e. The van der Waals surface area contributed by atoms with E-state index in [4.69, 9.17) is 42.1 Å². The predicted molar refractivity (Wildman–Crippen MR) is 160 cm³/mol. The van der Waals surface area contributed by atoms with Crippen LogP contribution in [0.4, 0.5) is 5.69 Å². The van der Waals surface area contributed by atoms with Crippen molar-refractivity contribution in [3.8, 4) is 16.2 Å². The number of carbonyl (C=O) groups excluding carboxylic acids is 2. The Morgan fingerprint density at radius 3 is 2.37 bits per heavy atom. The molecule has 41 heavy (non-hydrogen) atoms. The lowest BCUT2D eigenvalue weighted by molar-refractivity contribution is -0.134. The lowest BCUT2D eigenvalue weighted by Gasteiger charge is -2.25. The van der Waals surface area contributed by atoms with E-state index >= 15 is 0 Å². The number of amidine groups is 1. The first-order valence-corrected chi connectivity index (χ1v) is 14.1. The van der Waals surface area contributed by atoms with E-state index in [-0.39, 0.29) is 24.4 Å². The van der Waals surface area contributed by atoms with Crippen LogP contribution < -0.4 is 21.1 Å². The molecule has 2 aromatic carbocycles. The second-order valence-corrected chi connectivity index (χ2v) is 11.0. The maximum atomic E-state index is 12.6. The number of carboxylic acids is 1. The lowest BCUT2D eigenvalue weighted by Crippen LogP contribution is -2.30. The number of hydrogen-bond donors (Lipinski definition) is 5. The number of nitrogen functional groups attached to an aromatic ring is 1. The SMILES string of the molecule is CC(=O)O.C[C@H](NC(=O)CC(=O)Nc1ccc(C(=N)N)cc1)c1ccc(OC2CCOCC2)c(-c2ccc(Cl)s2)c1. The highest BCUT2D eigenvalue weighted by Gasteiger charge is 2.20. The lowest BCUT2D eigenvalue weighted by atomic mass is 10.0. The zero-order chi connectivity index (χ0) is 29.9. The Morgan fingerprint density at radius 2 is 1.78 bits per heavy atom. The van der Waals surface area contributed by atoms with Gasteiger partial charge in [0.25, 0.3) is 5.97 Å². The van der Waals surface area contributed by atoms with E-state index < -0.39 is 17.8 Å². The molecule has 0 saturated carbocycles. The van der Waals surface area contributed by atoms with Crippen LogP contribution in [0.15, 0.2) is 54.6 Å². The van der Waals surface area contributed by atoms with Gasteiger partial charge in [-0.2, -0.15) is 0 Å². The number of ether oxygens (including phenoxy) is 2. The number of anilines is 1. The van der Waals surface area contributed by atoms with Crippen LogP contribution in [-0.4, -0.2) is 48.0 Å². The summed E-state index contributed by atoms with van der Waals surface area (Å²) in [6, 6.07) is 15.9. The maximum absolute atomic E-state index is 12.6. The highest BCUT2D eigenvalue weighted by atomic mass is 35.5. The number of thiophene rings is 1. The normalized spacial score (nSPS) is 13.7. The van der Waals surface area contributed by atoms with Gasteiger partial charge in [0.1, 0.15) is 24.1 Å². The van der Waals surface area contributed by atoms with E-state index in [2.05, 4.69) is 10.6 Å². The monoisotopic (exact) mass is 600 g/mol.